The molecule has 5 heteroatoms. The lowest BCUT2D eigenvalue weighted by molar-refractivity contribution is -0.114. The highest BCUT2D eigenvalue weighted by Crippen LogP contribution is 2.27. The number of hydrogen-bond acceptors (Lipinski definition) is 3. The smallest absolute Gasteiger partial charge is 0.281 e. The van der Waals surface area contributed by atoms with Gasteiger partial charge in [0.25, 0.3) is 5.91 Å². The van der Waals surface area contributed by atoms with Crippen LogP contribution in [0.2, 0.25) is 0 Å². The third-order valence-electron chi connectivity index (χ3n) is 3.70. The van der Waals surface area contributed by atoms with E-state index in [2.05, 4.69) is 0 Å². The molecule has 2 aromatic carbocycles. The lowest BCUT2D eigenvalue weighted by Gasteiger charge is -2.16. The average Bonchev–Trinajstić information content (AvgIpc) is 2.80. The van der Waals surface area contributed by atoms with Gasteiger partial charge in [0, 0.05) is 7.05 Å². The summed E-state index contributed by atoms with van der Waals surface area (Å²) in [6, 6.07) is 16.9. The molecule has 0 atom stereocenters. The Kier molecular flexibility index (Phi) is 4.12. The van der Waals surface area contributed by atoms with Gasteiger partial charge in [0.1, 0.15) is 11.4 Å². The van der Waals surface area contributed by atoms with E-state index in [1.54, 1.807) is 24.0 Å². The number of amides is 1. The molecule has 0 unspecified atom stereocenters. The highest BCUT2D eigenvalue weighted by Gasteiger charge is 2.36. The number of carbonyl (C=O) groups is 1. The summed E-state index contributed by atoms with van der Waals surface area (Å²) in [6.45, 7) is 0. The molecule has 3 rings (SSSR count). The molecule has 116 valence electrons. The van der Waals surface area contributed by atoms with Crippen LogP contribution in [0.3, 0.4) is 0 Å². The second kappa shape index (κ2) is 6.22. The predicted octanol–water partition coefficient (Wildman–Crippen LogP) is 3.30. The van der Waals surface area contributed by atoms with Gasteiger partial charge < -0.3 is 9.64 Å². The number of benzene rings is 2. The Hall–Kier alpha value is -2.66. The number of methoxy groups -OCH3 is 1. The van der Waals surface area contributed by atoms with E-state index in [9.17, 15) is 4.79 Å². The second-order valence-corrected chi connectivity index (χ2v) is 5.49. The Labute approximate surface area is 140 Å². The van der Waals surface area contributed by atoms with Crippen molar-refractivity contribution in [1.29, 1.82) is 0 Å². The normalized spacial score (nSPS) is 16.3. The molecule has 2 aromatic rings. The van der Waals surface area contributed by atoms with E-state index in [1.807, 2.05) is 60.7 Å². The minimum absolute atomic E-state index is 0.125. The van der Waals surface area contributed by atoms with Gasteiger partial charge in [0.2, 0.25) is 0 Å². The number of nitrogens with zero attached hydrogens (tertiary/aromatic N) is 2. The molecule has 1 amide bonds. The fourth-order valence-electron chi connectivity index (χ4n) is 2.42. The molecule has 1 aliphatic heterocycles. The second-order valence-electron chi connectivity index (χ2n) is 5.12. The first kappa shape index (κ1) is 15.2. The number of para-hydroxylation sites is 1. The number of likely N-dealkylation sites (N-methyl/N-ethyl adjacent to an activating group) is 1. The fraction of sp³-hybridized carbons (Fsp3) is 0.111. The number of rotatable bonds is 3. The van der Waals surface area contributed by atoms with Crippen LogP contribution in [0.15, 0.2) is 60.3 Å². The molecule has 4 nitrogen and oxygen atoms in total. The topological polar surface area (TPSA) is 32.8 Å². The molecule has 1 saturated heterocycles. The Morgan fingerprint density at radius 1 is 1.04 bits per heavy atom. The Bertz CT molecular complexity index is 769. The van der Waals surface area contributed by atoms with E-state index in [1.165, 1.54) is 0 Å². The Morgan fingerprint density at radius 2 is 1.70 bits per heavy atom. The van der Waals surface area contributed by atoms with Gasteiger partial charge in [0.05, 0.1) is 12.8 Å². The summed E-state index contributed by atoms with van der Waals surface area (Å²) >= 11 is 5.43. The molecular formula is C18H16N2O2S. The van der Waals surface area contributed by atoms with Crippen molar-refractivity contribution in [3.8, 4) is 5.75 Å². The maximum Gasteiger partial charge on any atom is 0.281 e. The summed E-state index contributed by atoms with van der Waals surface area (Å²) < 4.78 is 5.15. The molecule has 1 fully saturated rings. The Morgan fingerprint density at radius 3 is 2.30 bits per heavy atom. The molecule has 0 saturated carbocycles. The van der Waals surface area contributed by atoms with Crippen LogP contribution in [-0.4, -0.2) is 30.1 Å². The summed E-state index contributed by atoms with van der Waals surface area (Å²) in [5.74, 6) is 0.652. The van der Waals surface area contributed by atoms with Gasteiger partial charge in [-0.3, -0.25) is 9.69 Å². The SMILES string of the molecule is COc1ccc(/C=C2/C(=O)N(c3ccccc3)C(=S)N2C)cc1. The van der Waals surface area contributed by atoms with Crippen LogP contribution in [0.1, 0.15) is 5.56 Å². The summed E-state index contributed by atoms with van der Waals surface area (Å²) in [5.41, 5.74) is 2.23. The van der Waals surface area contributed by atoms with Crippen LogP contribution in [-0.2, 0) is 4.79 Å². The predicted molar refractivity (Wildman–Crippen MR) is 95.3 cm³/mol. The monoisotopic (exact) mass is 324 g/mol. The molecule has 0 N–H and O–H groups in total. The summed E-state index contributed by atoms with van der Waals surface area (Å²) in [5, 5.41) is 0.473. The van der Waals surface area contributed by atoms with Crippen molar-refractivity contribution in [2.24, 2.45) is 0 Å². The zero-order valence-corrected chi connectivity index (χ0v) is 13.7. The minimum Gasteiger partial charge on any atom is -0.497 e. The van der Waals surface area contributed by atoms with Crippen molar-refractivity contribution in [1.82, 2.24) is 4.90 Å². The van der Waals surface area contributed by atoms with Crippen molar-refractivity contribution < 1.29 is 9.53 Å². The van der Waals surface area contributed by atoms with E-state index in [0.29, 0.717) is 10.8 Å². The van der Waals surface area contributed by atoms with Gasteiger partial charge in [0.15, 0.2) is 5.11 Å². The first-order valence-corrected chi connectivity index (χ1v) is 7.55. The van der Waals surface area contributed by atoms with Gasteiger partial charge in [-0.05, 0) is 48.1 Å². The van der Waals surface area contributed by atoms with Gasteiger partial charge in [-0.15, -0.1) is 0 Å². The first-order valence-electron chi connectivity index (χ1n) is 7.15. The minimum atomic E-state index is -0.125. The largest absolute Gasteiger partial charge is 0.497 e. The molecule has 1 heterocycles. The van der Waals surface area contributed by atoms with Crippen molar-refractivity contribution in [3.05, 3.63) is 65.9 Å². The summed E-state index contributed by atoms with van der Waals surface area (Å²) in [6.07, 6.45) is 1.83. The number of thiocarbonyl (C=S) groups is 1. The Balaban J connectivity index is 1.95. The maximum atomic E-state index is 12.8. The van der Waals surface area contributed by atoms with Crippen LogP contribution < -0.4 is 9.64 Å². The third kappa shape index (κ3) is 2.83. The molecule has 0 aliphatic carbocycles. The van der Waals surface area contributed by atoms with Gasteiger partial charge in [-0.25, -0.2) is 0 Å². The molecule has 0 aromatic heterocycles. The first-order chi connectivity index (χ1) is 11.1. The number of hydrogen-bond donors (Lipinski definition) is 0. The number of ether oxygens (including phenoxy) is 1. The van der Waals surface area contributed by atoms with Crippen molar-refractivity contribution in [3.63, 3.8) is 0 Å². The summed E-state index contributed by atoms with van der Waals surface area (Å²) in [4.78, 5) is 16.0. The molecular weight excluding hydrogens is 308 g/mol. The van der Waals surface area contributed by atoms with Crippen LogP contribution in [0.5, 0.6) is 5.75 Å². The van der Waals surface area contributed by atoms with E-state index in [4.69, 9.17) is 17.0 Å². The molecule has 0 spiro atoms. The van der Waals surface area contributed by atoms with E-state index >= 15 is 0 Å². The van der Waals surface area contributed by atoms with Crippen LogP contribution in [0.25, 0.3) is 6.08 Å². The van der Waals surface area contributed by atoms with Crippen LogP contribution >= 0.6 is 12.2 Å². The molecule has 23 heavy (non-hydrogen) atoms. The highest BCUT2D eigenvalue weighted by molar-refractivity contribution is 7.80. The molecule has 0 radical (unpaired) electrons. The fourth-order valence-corrected chi connectivity index (χ4v) is 2.71. The van der Waals surface area contributed by atoms with Gasteiger partial charge in [-0.2, -0.15) is 0 Å². The number of carbonyl (C=O) groups excluding carboxylic acids is 1. The maximum absolute atomic E-state index is 12.8. The van der Waals surface area contributed by atoms with E-state index < -0.39 is 0 Å². The van der Waals surface area contributed by atoms with E-state index in [-0.39, 0.29) is 5.91 Å². The van der Waals surface area contributed by atoms with E-state index in [0.717, 1.165) is 17.0 Å². The van der Waals surface area contributed by atoms with Gasteiger partial charge in [-0.1, -0.05) is 30.3 Å². The lowest BCUT2D eigenvalue weighted by atomic mass is 10.1. The van der Waals surface area contributed by atoms with Gasteiger partial charge >= 0.3 is 0 Å². The zero-order valence-electron chi connectivity index (χ0n) is 12.9. The lowest BCUT2D eigenvalue weighted by Crippen LogP contribution is -2.30. The van der Waals surface area contributed by atoms with Crippen LogP contribution in [0, 0.1) is 0 Å². The van der Waals surface area contributed by atoms with Crippen molar-refractivity contribution >= 4 is 35.0 Å². The molecule has 1 aliphatic rings. The average molecular weight is 324 g/mol. The van der Waals surface area contributed by atoms with Crippen molar-refractivity contribution in [2.75, 3.05) is 19.1 Å². The zero-order chi connectivity index (χ0) is 16.4. The quantitative estimate of drug-likeness (QED) is 0.641. The van der Waals surface area contributed by atoms with Crippen LogP contribution in [0.4, 0.5) is 5.69 Å². The standard InChI is InChI=1S/C18H16N2O2S/c1-19-16(12-13-8-10-15(22-2)11-9-13)17(21)20(18(19)23)14-6-4-3-5-7-14/h3-12H,1-2H3/b16-12-. The third-order valence-corrected chi connectivity index (χ3v) is 4.15. The number of anilines is 1. The van der Waals surface area contributed by atoms with Crippen molar-refractivity contribution in [2.45, 2.75) is 0 Å². The summed E-state index contributed by atoms with van der Waals surface area (Å²) in [7, 11) is 3.43. The highest BCUT2D eigenvalue weighted by atomic mass is 32.1. The molecule has 0 bridgehead atoms.